The minimum absolute atomic E-state index is 0. The van der Waals surface area contributed by atoms with Crippen LogP contribution in [-0.2, 0) is 70.2 Å². The van der Waals surface area contributed by atoms with E-state index in [4.69, 9.17) is 27.8 Å². The van der Waals surface area contributed by atoms with Gasteiger partial charge >= 0.3 is 17.1 Å². The first-order chi connectivity index (χ1) is 23.7. The summed E-state index contributed by atoms with van der Waals surface area (Å²) in [4.78, 5) is 24.3. The summed E-state index contributed by atoms with van der Waals surface area (Å²) >= 11 is 0. The molecule has 65 heavy (non-hydrogen) atoms. The molecule has 0 amide bonds. The van der Waals surface area contributed by atoms with Gasteiger partial charge in [0.2, 0.25) is 0 Å². The van der Waals surface area contributed by atoms with Gasteiger partial charge in [0, 0.05) is 12.1 Å². The van der Waals surface area contributed by atoms with Crippen molar-refractivity contribution in [2.45, 2.75) is 9.79 Å². The van der Waals surface area contributed by atoms with Crippen LogP contribution >= 0.6 is 0 Å². The van der Waals surface area contributed by atoms with Crippen molar-refractivity contribution in [2.24, 2.45) is 0 Å². The van der Waals surface area contributed by atoms with Crippen LogP contribution in [0.1, 0.15) is 0 Å². The van der Waals surface area contributed by atoms with Crippen molar-refractivity contribution in [3.8, 4) is 45.3 Å². The van der Waals surface area contributed by atoms with E-state index in [1.54, 1.807) is 36.4 Å². The van der Waals surface area contributed by atoms with Crippen LogP contribution in [-0.4, -0.2) is 98.2 Å². The summed E-state index contributed by atoms with van der Waals surface area (Å²) in [5.74, 6) is 0.891. The monoisotopic (exact) mass is 1040 g/mol. The minimum atomic E-state index is -4.76. The molecule has 0 saturated carbocycles. The molecule has 0 unspecified atom stereocenters. The zero-order chi connectivity index (χ0) is 36.4. The molecule has 0 aliphatic carbocycles. The smallest absolute Gasteiger partial charge is 0.744 e. The number of ether oxygens (including phenoxy) is 4. The Kier molecular flexibility index (Phi) is 46.1. The molecule has 0 fully saturated rings. The maximum absolute atomic E-state index is 12.7. The van der Waals surface area contributed by atoms with Gasteiger partial charge in [0.1, 0.15) is 66.9 Å². The Bertz CT molecular complexity index is 2440. The Morgan fingerprint density at radius 2 is 0.738 bits per heavy atom. The van der Waals surface area contributed by atoms with E-state index in [0.717, 1.165) is 12.1 Å². The van der Waals surface area contributed by atoms with E-state index in [1.807, 2.05) is 0 Å². The van der Waals surface area contributed by atoms with Crippen LogP contribution in [0.25, 0.3) is 44.2 Å². The molecule has 0 spiro atoms. The third kappa shape index (κ3) is 18.4. The quantitative estimate of drug-likeness (QED) is 0.0777. The van der Waals surface area contributed by atoms with Crippen molar-refractivity contribution < 1.29 is 147 Å². The van der Waals surface area contributed by atoms with E-state index >= 15 is 0 Å². The predicted octanol–water partition coefficient (Wildman–Crippen LogP) is -7.37. The van der Waals surface area contributed by atoms with Crippen LogP contribution in [0.2, 0.25) is 0 Å². The van der Waals surface area contributed by atoms with E-state index in [2.05, 4.69) is 0 Å². The maximum Gasteiger partial charge on any atom is 2.00 e. The third-order valence-electron chi connectivity index (χ3n) is 7.45. The minimum Gasteiger partial charge on any atom is -0.744 e. The normalized spacial score (nSPS) is 8.83. The Morgan fingerprint density at radius 3 is 0.985 bits per heavy atom. The number of rotatable bonds is 8. The van der Waals surface area contributed by atoms with Gasteiger partial charge in [0.15, 0.2) is 10.9 Å². The van der Waals surface area contributed by atoms with Crippen LogP contribution < -0.4 is 29.8 Å². The second-order valence-corrected chi connectivity index (χ2v) is 13.0. The number of fused-ring (bicyclic) bond motifs is 2. The van der Waals surface area contributed by atoms with E-state index < -0.39 is 30.0 Å². The Morgan fingerprint density at radius 1 is 0.446 bits per heavy atom. The molecule has 0 aliphatic rings. The summed E-state index contributed by atoms with van der Waals surface area (Å²) < 4.78 is 99.4. The fourth-order valence-corrected chi connectivity index (χ4v) is 6.29. The molecule has 28 nitrogen and oxygen atoms in total. The molecule has 0 bridgehead atoms. The predicted molar refractivity (Wildman–Crippen MR) is 236 cm³/mol. The van der Waals surface area contributed by atoms with Gasteiger partial charge in [-0.15, -0.1) is 0 Å². The van der Waals surface area contributed by atoms with E-state index in [9.17, 15) is 35.5 Å². The molecule has 2 heterocycles. The molecule has 31 heteroatoms. The van der Waals surface area contributed by atoms with Crippen LogP contribution in [0, 0.1) is 0 Å². The van der Waals surface area contributed by atoms with Crippen molar-refractivity contribution >= 4 is 42.2 Å². The molecule has 0 radical (unpaired) electrons. The van der Waals surface area contributed by atoms with Gasteiger partial charge in [-0.25, -0.2) is 16.8 Å². The number of methoxy groups -OCH3 is 4. The Hall–Kier alpha value is -5.72. The van der Waals surface area contributed by atoms with Crippen LogP contribution in [0.15, 0.2) is 114 Å². The molecule has 378 valence electrons. The van der Waals surface area contributed by atoms with Crippen molar-refractivity contribution in [3.63, 3.8) is 0 Å². The fourth-order valence-electron chi connectivity index (χ4n) is 4.95. The topological polar surface area (TPSA) is 662 Å². The summed E-state index contributed by atoms with van der Waals surface area (Å²) in [5.41, 5.74) is 0.682. The van der Waals surface area contributed by atoms with Crippen molar-refractivity contribution in [1.82, 2.24) is 0 Å². The zero-order valence-corrected chi connectivity index (χ0v) is 37.2. The molecule has 0 atom stereocenters. The molecule has 0 saturated heterocycles. The average molecular weight is 1040 g/mol. The Labute approximate surface area is 377 Å². The first-order valence-electron chi connectivity index (χ1n) is 14.2. The third-order valence-corrected chi connectivity index (χ3v) is 9.17. The van der Waals surface area contributed by atoms with Gasteiger partial charge in [-0.2, -0.15) is 0 Å². The van der Waals surface area contributed by atoms with Crippen LogP contribution in [0.3, 0.4) is 0 Å². The van der Waals surface area contributed by atoms with Gasteiger partial charge in [0.25, 0.3) is 0 Å². The summed E-state index contributed by atoms with van der Waals surface area (Å²) in [6, 6.07) is 17.3. The van der Waals surface area contributed by atoms with Gasteiger partial charge in [-0.1, -0.05) is 12.1 Å². The van der Waals surface area contributed by atoms with Crippen LogP contribution in [0.4, 0.5) is 0 Å². The van der Waals surface area contributed by atoms with Gasteiger partial charge in [-0.05, 0) is 59.7 Å². The molecule has 0 aliphatic heterocycles. The summed E-state index contributed by atoms with van der Waals surface area (Å²) in [6.07, 6.45) is 2.43. The van der Waals surface area contributed by atoms with Crippen molar-refractivity contribution in [1.29, 1.82) is 0 Å². The fraction of sp³-hybridized carbons (Fsp3) is 0.118. The first-order valence-corrected chi connectivity index (χ1v) is 17.0. The van der Waals surface area contributed by atoms with Gasteiger partial charge < -0.3 is 114 Å². The summed E-state index contributed by atoms with van der Waals surface area (Å²) in [7, 11) is -4.03. The number of benzene rings is 4. The molecule has 6 aromatic rings. The van der Waals surface area contributed by atoms with Crippen molar-refractivity contribution in [3.05, 3.63) is 106 Å². The standard InChI is InChI=1S/2C17H14O7S.Fe.14H2O/c2*1-22-11-4-5-12-15(8-11)24-9-13(17(12)18)10-3-6-14(23-2)16(7-10)25(19,20)21;;;;;;;;;;;;;;;/h2*3-9H,1-2H3,(H,19,20,21);;14*1H2/q;;+2;;;;;;;;;;;;;;/p+4. The first kappa shape index (κ1) is 86.4. The second-order valence-electron chi connectivity index (χ2n) is 10.3. The van der Waals surface area contributed by atoms with E-state index in [-0.39, 0.29) is 138 Å². The average Bonchev–Trinajstić information content (AvgIpc) is 3.10. The maximum atomic E-state index is 12.7. The van der Waals surface area contributed by atoms with E-state index in [0.29, 0.717) is 33.4 Å². The summed E-state index contributed by atoms with van der Waals surface area (Å²) in [5, 5.41) is 0.612. The molecule has 4 aromatic carbocycles. The zero-order valence-electron chi connectivity index (χ0n) is 34.4. The van der Waals surface area contributed by atoms with E-state index in [1.165, 1.54) is 65.2 Å². The largest absolute Gasteiger partial charge is 2.00 e. The molecule has 34 N–H and O–H groups in total. The van der Waals surface area contributed by atoms with Crippen LogP contribution in [0.5, 0.6) is 23.0 Å². The van der Waals surface area contributed by atoms with Gasteiger partial charge in [0.05, 0.1) is 60.1 Å². The molecule has 2 aromatic heterocycles. The number of hydrogen-bond acceptors (Lipinski definition) is 14. The Balaban J connectivity index is -0.0000000810. The van der Waals surface area contributed by atoms with Gasteiger partial charge in [-0.3, -0.25) is 9.59 Å². The van der Waals surface area contributed by atoms with Crippen molar-refractivity contribution in [2.75, 3.05) is 28.4 Å². The molecular weight excluding hydrogens is 976 g/mol. The SMILES string of the molecule is COc1ccc2c(=O)c(-c3ccc(OC)c(S(=O)(=O)[O-])c3)coc2c1.COc1ccc2c(=O)c(-c3ccc(OC)c(S(=O)(=O)[O-])c3)coc2c1.O.O.O.O.O.O.O.O.[Fe+2].[OH3+].[OH3+].[OH3+].[OH3+].[OH3+].[OH3+]. The molecule has 6 rings (SSSR count). The second kappa shape index (κ2) is 34.7. The molecular formula is C34H60FeO28S2+6. The number of hydrogen-bond donors (Lipinski definition) is 0. The summed E-state index contributed by atoms with van der Waals surface area (Å²) in [6.45, 7) is 0.